The predicted octanol–water partition coefficient (Wildman–Crippen LogP) is 5.51. The molecule has 0 aliphatic rings. The summed E-state index contributed by atoms with van der Waals surface area (Å²) < 4.78 is 45.9. The van der Waals surface area contributed by atoms with Gasteiger partial charge in [0.05, 0.1) is 29.1 Å². The minimum atomic E-state index is -4.55. The first-order valence-corrected chi connectivity index (χ1v) is 10.4. The molecule has 0 radical (unpaired) electrons. The number of thioether (sulfide) groups is 1. The number of imidazole rings is 1. The average Bonchev–Trinajstić information content (AvgIpc) is 2.96. The maximum absolute atomic E-state index is 13.0. The largest absolute Gasteiger partial charge is 0.444 e. The third-order valence-corrected chi connectivity index (χ3v) is 4.98. The number of pyridine rings is 2. The van der Waals surface area contributed by atoms with E-state index in [1.54, 1.807) is 38.5 Å². The van der Waals surface area contributed by atoms with Crippen LogP contribution in [0.25, 0.3) is 22.6 Å². The number of amides is 1. The number of nitrogens with one attached hydrogen (secondary N) is 1. The van der Waals surface area contributed by atoms with Crippen molar-refractivity contribution in [2.45, 2.75) is 44.4 Å². The van der Waals surface area contributed by atoms with Crippen LogP contribution >= 0.6 is 11.8 Å². The molecule has 0 aliphatic carbocycles. The number of halogens is 3. The number of ether oxygens (including phenoxy) is 1. The molecular formula is C20H22F3N5O2S. The van der Waals surface area contributed by atoms with E-state index >= 15 is 0 Å². The second-order valence-electron chi connectivity index (χ2n) is 7.68. The molecular weight excluding hydrogens is 431 g/mol. The molecule has 0 aliphatic heterocycles. The number of hydrogen-bond acceptors (Lipinski definition) is 6. The van der Waals surface area contributed by atoms with Gasteiger partial charge in [0.1, 0.15) is 17.0 Å². The van der Waals surface area contributed by atoms with Crippen molar-refractivity contribution in [1.82, 2.24) is 19.5 Å². The highest BCUT2D eigenvalue weighted by molar-refractivity contribution is 7.99. The van der Waals surface area contributed by atoms with Crippen LogP contribution in [0.1, 0.15) is 33.4 Å². The van der Waals surface area contributed by atoms with Gasteiger partial charge in [-0.25, -0.2) is 19.7 Å². The van der Waals surface area contributed by atoms with Gasteiger partial charge in [-0.2, -0.15) is 13.2 Å². The zero-order valence-corrected chi connectivity index (χ0v) is 18.5. The van der Waals surface area contributed by atoms with E-state index in [-0.39, 0.29) is 5.52 Å². The first-order valence-electron chi connectivity index (χ1n) is 9.42. The average molecular weight is 453 g/mol. The fourth-order valence-corrected chi connectivity index (χ4v) is 3.63. The molecule has 0 aromatic carbocycles. The Morgan fingerprint density at radius 3 is 2.52 bits per heavy atom. The molecule has 7 nitrogen and oxygen atoms in total. The Morgan fingerprint density at radius 1 is 1.19 bits per heavy atom. The van der Waals surface area contributed by atoms with Gasteiger partial charge in [-0.05, 0) is 38.7 Å². The first-order chi connectivity index (χ1) is 14.4. The molecule has 166 valence electrons. The monoisotopic (exact) mass is 453 g/mol. The van der Waals surface area contributed by atoms with Gasteiger partial charge < -0.3 is 9.30 Å². The van der Waals surface area contributed by atoms with E-state index in [1.807, 2.05) is 6.92 Å². The summed E-state index contributed by atoms with van der Waals surface area (Å²) in [6, 6.07) is 2.66. The Hall–Kier alpha value is -2.82. The SMILES string of the molecule is CCSc1cc(NC(=O)OC(C)(C)C)cnc1-c1nc2cc(C(F)(F)F)ncc2n1C. The zero-order chi connectivity index (χ0) is 23.0. The number of hydrogen-bond donors (Lipinski definition) is 1. The lowest BCUT2D eigenvalue weighted by molar-refractivity contribution is -0.141. The normalized spacial score (nSPS) is 12.3. The Bertz CT molecular complexity index is 1120. The molecule has 0 bridgehead atoms. The van der Waals surface area contributed by atoms with Crippen LogP contribution in [0.4, 0.5) is 23.7 Å². The fraction of sp³-hybridized carbons (Fsp3) is 0.400. The highest BCUT2D eigenvalue weighted by Crippen LogP contribution is 2.34. The lowest BCUT2D eigenvalue weighted by Crippen LogP contribution is -2.27. The standard InChI is InChI=1S/C20H22F3N5O2S/c1-6-31-14-7-11(26-18(29)30-19(2,3)4)9-25-16(14)17-27-12-8-15(20(21,22)23)24-10-13(12)28(17)5/h7-10H,6H2,1-5H3,(H,26,29). The smallest absolute Gasteiger partial charge is 0.433 e. The second kappa shape index (κ2) is 8.37. The maximum atomic E-state index is 13.0. The predicted molar refractivity (Wildman–Crippen MR) is 113 cm³/mol. The minimum absolute atomic E-state index is 0.171. The van der Waals surface area contributed by atoms with Gasteiger partial charge in [-0.3, -0.25) is 5.32 Å². The van der Waals surface area contributed by atoms with Crippen molar-refractivity contribution in [2.75, 3.05) is 11.1 Å². The van der Waals surface area contributed by atoms with Gasteiger partial charge in [0.15, 0.2) is 5.82 Å². The van der Waals surface area contributed by atoms with Crippen molar-refractivity contribution in [1.29, 1.82) is 0 Å². The molecule has 3 aromatic rings. The maximum Gasteiger partial charge on any atom is 0.433 e. The first kappa shape index (κ1) is 22.9. The Labute approximate surface area is 181 Å². The van der Waals surface area contributed by atoms with Gasteiger partial charge in [-0.15, -0.1) is 11.8 Å². The molecule has 3 aromatic heterocycles. The second-order valence-corrected chi connectivity index (χ2v) is 8.99. The minimum Gasteiger partial charge on any atom is -0.444 e. The summed E-state index contributed by atoms with van der Waals surface area (Å²) in [6.45, 7) is 7.24. The van der Waals surface area contributed by atoms with Crippen LogP contribution in [-0.4, -0.2) is 37.0 Å². The molecule has 0 spiro atoms. The zero-order valence-electron chi connectivity index (χ0n) is 17.7. The lowest BCUT2D eigenvalue weighted by Gasteiger charge is -2.20. The summed E-state index contributed by atoms with van der Waals surface area (Å²) in [5.74, 6) is 1.12. The van der Waals surface area contributed by atoms with Crippen molar-refractivity contribution in [3.63, 3.8) is 0 Å². The summed E-state index contributed by atoms with van der Waals surface area (Å²) in [6.07, 6.45) is -2.55. The highest BCUT2D eigenvalue weighted by atomic mass is 32.2. The molecule has 1 N–H and O–H groups in total. The van der Waals surface area contributed by atoms with Gasteiger partial charge in [0, 0.05) is 11.9 Å². The number of alkyl halides is 3. The third-order valence-electron chi connectivity index (χ3n) is 4.07. The lowest BCUT2D eigenvalue weighted by atomic mass is 10.2. The molecule has 3 heterocycles. The molecule has 0 fully saturated rings. The summed E-state index contributed by atoms with van der Waals surface area (Å²) in [5.41, 5.74) is -0.0899. The van der Waals surface area contributed by atoms with Crippen LogP contribution < -0.4 is 5.32 Å². The van der Waals surface area contributed by atoms with E-state index in [0.29, 0.717) is 28.5 Å². The number of anilines is 1. The summed E-state index contributed by atoms with van der Waals surface area (Å²) in [4.78, 5) is 25.1. The van der Waals surface area contributed by atoms with Crippen LogP contribution in [0.2, 0.25) is 0 Å². The molecule has 0 saturated carbocycles. The molecule has 0 saturated heterocycles. The van der Waals surface area contributed by atoms with E-state index in [2.05, 4.69) is 20.3 Å². The van der Waals surface area contributed by atoms with Crippen molar-refractivity contribution < 1.29 is 22.7 Å². The van der Waals surface area contributed by atoms with E-state index < -0.39 is 23.6 Å². The summed E-state index contributed by atoms with van der Waals surface area (Å²) in [7, 11) is 1.69. The number of aryl methyl sites for hydroxylation is 1. The van der Waals surface area contributed by atoms with Gasteiger partial charge in [-0.1, -0.05) is 6.92 Å². The number of nitrogens with zero attached hydrogens (tertiary/aromatic N) is 4. The summed E-state index contributed by atoms with van der Waals surface area (Å²) in [5, 5.41) is 2.64. The van der Waals surface area contributed by atoms with Crippen LogP contribution in [0, 0.1) is 0 Å². The molecule has 1 amide bonds. The molecule has 0 unspecified atom stereocenters. The van der Waals surface area contributed by atoms with Crippen molar-refractivity contribution in [3.8, 4) is 11.5 Å². The number of fused-ring (bicyclic) bond motifs is 1. The number of rotatable bonds is 4. The summed E-state index contributed by atoms with van der Waals surface area (Å²) >= 11 is 1.47. The van der Waals surface area contributed by atoms with E-state index in [1.165, 1.54) is 18.0 Å². The Morgan fingerprint density at radius 2 is 1.90 bits per heavy atom. The molecule has 3 rings (SSSR count). The van der Waals surface area contributed by atoms with Crippen LogP contribution in [-0.2, 0) is 18.0 Å². The van der Waals surface area contributed by atoms with Crippen LogP contribution in [0.5, 0.6) is 0 Å². The van der Waals surface area contributed by atoms with Crippen molar-refractivity contribution in [2.24, 2.45) is 7.05 Å². The topological polar surface area (TPSA) is 81.9 Å². The Kier molecular flexibility index (Phi) is 6.17. The number of carbonyl (C=O) groups is 1. The van der Waals surface area contributed by atoms with Crippen LogP contribution in [0.3, 0.4) is 0 Å². The fourth-order valence-electron chi connectivity index (χ4n) is 2.82. The third kappa shape index (κ3) is 5.27. The molecule has 31 heavy (non-hydrogen) atoms. The van der Waals surface area contributed by atoms with Gasteiger partial charge in [0.25, 0.3) is 0 Å². The molecule has 11 heteroatoms. The number of aromatic nitrogens is 4. The Balaban J connectivity index is 2.00. The number of carbonyl (C=O) groups excluding carboxylic acids is 1. The molecule has 0 atom stereocenters. The quantitative estimate of drug-likeness (QED) is 0.525. The van der Waals surface area contributed by atoms with E-state index in [9.17, 15) is 18.0 Å². The van der Waals surface area contributed by atoms with Crippen molar-refractivity contribution in [3.05, 3.63) is 30.2 Å². The van der Waals surface area contributed by atoms with E-state index in [4.69, 9.17) is 4.74 Å². The van der Waals surface area contributed by atoms with Gasteiger partial charge >= 0.3 is 12.3 Å². The van der Waals surface area contributed by atoms with Crippen LogP contribution in [0.15, 0.2) is 29.4 Å². The van der Waals surface area contributed by atoms with E-state index in [0.717, 1.165) is 17.2 Å². The highest BCUT2D eigenvalue weighted by Gasteiger charge is 2.33. The van der Waals surface area contributed by atoms with Gasteiger partial charge in [0.2, 0.25) is 0 Å². The van der Waals surface area contributed by atoms with Crippen molar-refractivity contribution >= 4 is 34.6 Å².